The van der Waals surface area contributed by atoms with Gasteiger partial charge in [0.05, 0.1) is 0 Å². The van der Waals surface area contributed by atoms with Crippen LogP contribution in [0.3, 0.4) is 0 Å². The first-order valence-electron chi connectivity index (χ1n) is 29.3. The fourth-order valence-corrected chi connectivity index (χ4v) is 8.37. The molecule has 0 aromatic heterocycles. The first kappa shape index (κ1) is 65.1. The van der Waals surface area contributed by atoms with Crippen molar-refractivity contribution in [3.05, 3.63) is 60.8 Å². The van der Waals surface area contributed by atoms with E-state index >= 15 is 0 Å². The molecule has 0 aromatic carbocycles. The lowest BCUT2D eigenvalue weighted by atomic mass is 10.0. The van der Waals surface area contributed by atoms with E-state index in [0.717, 1.165) is 89.9 Å². The molecule has 1 unspecified atom stereocenters. The van der Waals surface area contributed by atoms with Gasteiger partial charge in [-0.2, -0.15) is 0 Å². The van der Waals surface area contributed by atoms with Crippen molar-refractivity contribution in [2.24, 2.45) is 0 Å². The lowest BCUT2D eigenvalue weighted by Gasteiger charge is -2.18. The molecule has 6 nitrogen and oxygen atoms in total. The summed E-state index contributed by atoms with van der Waals surface area (Å²) in [5.41, 5.74) is 0. The van der Waals surface area contributed by atoms with Crippen molar-refractivity contribution in [1.82, 2.24) is 0 Å². The number of rotatable bonds is 53. The van der Waals surface area contributed by atoms with Gasteiger partial charge in [-0.1, -0.05) is 255 Å². The summed E-state index contributed by atoms with van der Waals surface area (Å²) < 4.78 is 16.9. The highest BCUT2D eigenvalue weighted by Gasteiger charge is 2.19. The number of esters is 3. The van der Waals surface area contributed by atoms with Gasteiger partial charge in [0, 0.05) is 19.3 Å². The van der Waals surface area contributed by atoms with E-state index in [2.05, 4.69) is 81.5 Å². The molecule has 0 amide bonds. The minimum Gasteiger partial charge on any atom is -0.462 e. The first-order chi connectivity index (χ1) is 33.5. The van der Waals surface area contributed by atoms with E-state index in [1.807, 2.05) is 0 Å². The van der Waals surface area contributed by atoms with Gasteiger partial charge in [-0.3, -0.25) is 14.4 Å². The third kappa shape index (κ3) is 54.1. The number of carbonyl (C=O) groups excluding carboxylic acids is 3. The minimum absolute atomic E-state index is 0.0834. The van der Waals surface area contributed by atoms with Crippen LogP contribution in [0, 0.1) is 0 Å². The summed E-state index contributed by atoms with van der Waals surface area (Å²) in [6.45, 7) is 6.51. The predicted molar refractivity (Wildman–Crippen MR) is 293 cm³/mol. The van der Waals surface area contributed by atoms with Gasteiger partial charge in [0.25, 0.3) is 0 Å². The standard InChI is InChI=1S/C62H110O6/c1-4-7-10-13-16-19-22-25-27-29-31-33-34-37-40-43-46-49-52-55-61(64)67-58-59(57-66-60(63)54-51-48-45-42-39-36-24-21-18-15-12-9-6-3)68-62(65)56-53-50-47-44-41-38-35-32-30-28-26-23-20-17-14-11-8-5-2/h9,12,16,18-19,21,25,27,36,39,59H,4-8,10-11,13-15,17,20,22-24,26,28-35,37-38,40-58H2,1-3H3/b12-9-,19-16-,21-18-,27-25-,39-36-. The number of ether oxygens (including phenoxy) is 3. The van der Waals surface area contributed by atoms with Gasteiger partial charge >= 0.3 is 17.9 Å². The van der Waals surface area contributed by atoms with Crippen molar-refractivity contribution < 1.29 is 28.6 Å². The normalized spacial score (nSPS) is 12.5. The summed E-state index contributed by atoms with van der Waals surface area (Å²) in [7, 11) is 0. The Kier molecular flexibility index (Phi) is 54.3. The van der Waals surface area contributed by atoms with Crippen LogP contribution in [0.5, 0.6) is 0 Å². The zero-order valence-corrected chi connectivity index (χ0v) is 45.1. The van der Waals surface area contributed by atoms with Gasteiger partial charge in [-0.25, -0.2) is 0 Å². The Bertz CT molecular complexity index is 1230. The SMILES string of the molecule is CC/C=C\C/C=C\C/C=C\CCCCCC(=O)OCC(COC(=O)CCCCCCCCCCC/C=C\C/C=C\CCCCC)OC(=O)CCCCCCCCCCCCCCCCCCCC. The largest absolute Gasteiger partial charge is 0.462 e. The molecular formula is C62H110O6. The van der Waals surface area contributed by atoms with Crippen molar-refractivity contribution in [2.75, 3.05) is 13.2 Å². The van der Waals surface area contributed by atoms with Gasteiger partial charge in [-0.15, -0.1) is 0 Å². The molecule has 0 aliphatic carbocycles. The van der Waals surface area contributed by atoms with Crippen LogP contribution in [0.4, 0.5) is 0 Å². The maximum absolute atomic E-state index is 12.9. The second kappa shape index (κ2) is 56.7. The Morgan fingerprint density at radius 3 is 0.941 bits per heavy atom. The highest BCUT2D eigenvalue weighted by Crippen LogP contribution is 2.16. The molecule has 0 rings (SSSR count). The van der Waals surface area contributed by atoms with E-state index in [0.29, 0.717) is 19.3 Å². The van der Waals surface area contributed by atoms with E-state index in [4.69, 9.17) is 14.2 Å². The highest BCUT2D eigenvalue weighted by molar-refractivity contribution is 5.71. The number of allylic oxidation sites excluding steroid dienone is 10. The summed E-state index contributed by atoms with van der Waals surface area (Å²) in [6, 6.07) is 0. The minimum atomic E-state index is -0.786. The lowest BCUT2D eigenvalue weighted by Crippen LogP contribution is -2.30. The van der Waals surface area contributed by atoms with E-state index in [9.17, 15) is 14.4 Å². The second-order valence-corrected chi connectivity index (χ2v) is 19.5. The van der Waals surface area contributed by atoms with Crippen molar-refractivity contribution in [2.45, 2.75) is 303 Å². The second-order valence-electron chi connectivity index (χ2n) is 19.5. The zero-order valence-electron chi connectivity index (χ0n) is 45.1. The molecule has 68 heavy (non-hydrogen) atoms. The fourth-order valence-electron chi connectivity index (χ4n) is 8.37. The molecule has 0 spiro atoms. The maximum atomic E-state index is 12.9. The molecule has 0 aliphatic heterocycles. The topological polar surface area (TPSA) is 78.9 Å². The Balaban J connectivity index is 4.36. The van der Waals surface area contributed by atoms with Crippen LogP contribution in [0.25, 0.3) is 0 Å². The van der Waals surface area contributed by atoms with Crippen molar-refractivity contribution in [3.8, 4) is 0 Å². The molecule has 0 fully saturated rings. The van der Waals surface area contributed by atoms with Crippen LogP contribution in [0.1, 0.15) is 297 Å². The molecule has 394 valence electrons. The summed E-state index contributed by atoms with van der Waals surface area (Å²) in [5.74, 6) is -0.904. The number of hydrogen-bond donors (Lipinski definition) is 0. The highest BCUT2D eigenvalue weighted by atomic mass is 16.6. The Morgan fingerprint density at radius 2 is 0.574 bits per heavy atom. The summed E-state index contributed by atoms with van der Waals surface area (Å²) in [5, 5.41) is 0. The maximum Gasteiger partial charge on any atom is 0.306 e. The molecule has 1 atom stereocenters. The quantitative estimate of drug-likeness (QED) is 0.0262. The molecule has 0 bridgehead atoms. The van der Waals surface area contributed by atoms with E-state index in [1.54, 1.807) is 0 Å². The smallest absolute Gasteiger partial charge is 0.306 e. The molecule has 0 heterocycles. The monoisotopic (exact) mass is 951 g/mol. The van der Waals surface area contributed by atoms with Crippen molar-refractivity contribution >= 4 is 17.9 Å². The Morgan fingerprint density at radius 1 is 0.309 bits per heavy atom. The molecule has 0 saturated heterocycles. The molecule has 0 saturated carbocycles. The molecule has 0 aliphatic rings. The average molecular weight is 952 g/mol. The van der Waals surface area contributed by atoms with E-state index < -0.39 is 6.10 Å². The number of hydrogen-bond acceptors (Lipinski definition) is 6. The molecule has 0 radical (unpaired) electrons. The lowest BCUT2D eigenvalue weighted by molar-refractivity contribution is -0.167. The Hall–Kier alpha value is -2.89. The number of unbranched alkanes of at least 4 members (excludes halogenated alkanes) is 32. The van der Waals surface area contributed by atoms with Crippen LogP contribution in [0.2, 0.25) is 0 Å². The third-order valence-electron chi connectivity index (χ3n) is 12.8. The van der Waals surface area contributed by atoms with Gasteiger partial charge in [-0.05, 0) is 83.5 Å². The van der Waals surface area contributed by atoms with E-state index in [1.165, 1.54) is 167 Å². The fraction of sp³-hybridized carbons (Fsp3) is 0.790. The molecule has 6 heteroatoms. The van der Waals surface area contributed by atoms with Crippen molar-refractivity contribution in [1.29, 1.82) is 0 Å². The Labute approximate surface area is 421 Å². The van der Waals surface area contributed by atoms with Gasteiger partial charge in [0.2, 0.25) is 0 Å². The van der Waals surface area contributed by atoms with Crippen LogP contribution in [0.15, 0.2) is 60.8 Å². The number of carbonyl (C=O) groups is 3. The van der Waals surface area contributed by atoms with Gasteiger partial charge in [0.1, 0.15) is 13.2 Å². The van der Waals surface area contributed by atoms with Crippen LogP contribution < -0.4 is 0 Å². The van der Waals surface area contributed by atoms with Crippen LogP contribution in [-0.2, 0) is 28.6 Å². The van der Waals surface area contributed by atoms with Gasteiger partial charge < -0.3 is 14.2 Å². The molecular weight excluding hydrogens is 841 g/mol. The van der Waals surface area contributed by atoms with Crippen LogP contribution >= 0.6 is 0 Å². The average Bonchev–Trinajstić information content (AvgIpc) is 3.34. The summed E-state index contributed by atoms with van der Waals surface area (Å²) in [6.07, 6.45) is 70.7. The van der Waals surface area contributed by atoms with Crippen molar-refractivity contribution in [3.63, 3.8) is 0 Å². The van der Waals surface area contributed by atoms with Crippen LogP contribution in [-0.4, -0.2) is 37.2 Å². The zero-order chi connectivity index (χ0) is 49.3. The molecule has 0 N–H and O–H groups in total. The first-order valence-corrected chi connectivity index (χ1v) is 29.3. The molecule has 0 aromatic rings. The predicted octanol–water partition coefficient (Wildman–Crippen LogP) is 19.6. The summed E-state index contributed by atoms with van der Waals surface area (Å²) >= 11 is 0. The van der Waals surface area contributed by atoms with E-state index in [-0.39, 0.29) is 31.1 Å². The van der Waals surface area contributed by atoms with Gasteiger partial charge in [0.15, 0.2) is 6.10 Å². The third-order valence-corrected chi connectivity index (χ3v) is 12.8. The summed E-state index contributed by atoms with van der Waals surface area (Å²) in [4.78, 5) is 38.2.